The summed E-state index contributed by atoms with van der Waals surface area (Å²) >= 11 is 0.533. The first-order valence-electron chi connectivity index (χ1n) is 7.36. The Morgan fingerprint density at radius 2 is 2.00 bits per heavy atom. The molecule has 1 heterocycles. The Bertz CT molecular complexity index is 539. The first-order chi connectivity index (χ1) is 11.0. The van der Waals surface area contributed by atoms with Crippen LogP contribution in [0.1, 0.15) is 27.2 Å². The number of hydrogen-bond donors (Lipinski definition) is 5. The molecule has 0 bridgehead atoms. The van der Waals surface area contributed by atoms with Crippen molar-refractivity contribution >= 4 is 34.7 Å². The van der Waals surface area contributed by atoms with Crippen LogP contribution in [0.25, 0.3) is 0 Å². The third-order valence-corrected chi connectivity index (χ3v) is 4.84. The summed E-state index contributed by atoms with van der Waals surface area (Å²) in [4.78, 5) is 46.3. The van der Waals surface area contributed by atoms with Gasteiger partial charge in [0.15, 0.2) is 5.54 Å². The highest BCUT2D eigenvalue weighted by Crippen LogP contribution is 2.33. The van der Waals surface area contributed by atoms with Crippen molar-refractivity contribution in [3.8, 4) is 0 Å². The maximum Gasteiger partial charge on any atom is 0.327 e. The summed E-state index contributed by atoms with van der Waals surface area (Å²) in [5.41, 5.74) is -1.89. The van der Waals surface area contributed by atoms with Crippen molar-refractivity contribution < 1.29 is 34.5 Å². The Kier molecular flexibility index (Phi) is 6.76. The topological polar surface area (TPSA) is 153 Å². The van der Waals surface area contributed by atoms with Crippen LogP contribution in [0.2, 0.25) is 0 Å². The molecule has 2 amide bonds. The molecule has 0 radical (unpaired) electrons. The molecule has 0 aliphatic carbocycles. The van der Waals surface area contributed by atoms with E-state index in [1.54, 1.807) is 13.8 Å². The normalized spacial score (nSPS) is 25.9. The van der Waals surface area contributed by atoms with E-state index in [0.29, 0.717) is 11.8 Å². The van der Waals surface area contributed by atoms with Crippen molar-refractivity contribution in [3.63, 3.8) is 0 Å². The number of aliphatic carboxylic acids is 1. The second kappa shape index (κ2) is 7.95. The van der Waals surface area contributed by atoms with Crippen LogP contribution in [0.4, 0.5) is 0 Å². The maximum atomic E-state index is 12.6. The third-order valence-electron chi connectivity index (χ3n) is 3.74. The molecule has 0 aromatic heterocycles. The quantitative estimate of drug-likeness (QED) is 0.366. The van der Waals surface area contributed by atoms with Crippen molar-refractivity contribution in [2.75, 3.05) is 5.75 Å². The van der Waals surface area contributed by atoms with Gasteiger partial charge in [-0.25, -0.2) is 4.79 Å². The Hall–Kier alpha value is -1.65. The number of rotatable bonds is 7. The van der Waals surface area contributed by atoms with E-state index in [0.717, 1.165) is 6.92 Å². The number of carboxylic acids is 1. The van der Waals surface area contributed by atoms with Crippen molar-refractivity contribution in [2.45, 2.75) is 51.0 Å². The fourth-order valence-electron chi connectivity index (χ4n) is 2.50. The van der Waals surface area contributed by atoms with Gasteiger partial charge in [0.1, 0.15) is 6.04 Å². The molecule has 1 rings (SSSR count). The van der Waals surface area contributed by atoms with Crippen molar-refractivity contribution in [2.24, 2.45) is 5.92 Å². The molecule has 0 spiro atoms. The monoisotopic (exact) mass is 362 g/mol. The van der Waals surface area contributed by atoms with Crippen LogP contribution >= 0.6 is 11.8 Å². The molecule has 0 aromatic carbocycles. The van der Waals surface area contributed by atoms with Gasteiger partial charge in [0.05, 0.1) is 18.6 Å². The molecule has 136 valence electrons. The van der Waals surface area contributed by atoms with Gasteiger partial charge in [0.25, 0.3) is 0 Å². The number of aliphatic hydroxyl groups is 2. The van der Waals surface area contributed by atoms with E-state index in [4.69, 9.17) is 5.11 Å². The summed E-state index contributed by atoms with van der Waals surface area (Å²) in [7, 11) is 0. The standard InChI is InChI=1S/C14H22N2O7S/c1-6(2)11(20)14(9(18)4-10(19)16-14)13(23)24-5-8(12(21)22)15-7(3)17/h6,8-9,11,18,20H,4-5H2,1-3H3,(H,15,17)(H,16,19)(H,21,22). The molecule has 24 heavy (non-hydrogen) atoms. The molecule has 4 unspecified atom stereocenters. The Balaban J connectivity index is 2.96. The average Bonchev–Trinajstić information content (AvgIpc) is 2.77. The van der Waals surface area contributed by atoms with Gasteiger partial charge in [-0.3, -0.25) is 14.4 Å². The van der Waals surface area contributed by atoms with Crippen LogP contribution in [0.15, 0.2) is 0 Å². The summed E-state index contributed by atoms with van der Waals surface area (Å²) < 4.78 is 0. The molecule has 1 aliphatic rings. The summed E-state index contributed by atoms with van der Waals surface area (Å²) in [6.07, 6.45) is -3.10. The number of thioether (sulfide) groups is 1. The molecule has 1 saturated heterocycles. The van der Waals surface area contributed by atoms with Crippen LogP contribution in [0.3, 0.4) is 0 Å². The van der Waals surface area contributed by atoms with Gasteiger partial charge in [0.2, 0.25) is 16.9 Å². The van der Waals surface area contributed by atoms with E-state index < -0.39 is 52.6 Å². The van der Waals surface area contributed by atoms with Gasteiger partial charge in [-0.05, 0) is 5.92 Å². The molecule has 10 heteroatoms. The SMILES string of the molecule is CC(=O)NC(CSC(=O)C1(C(O)C(C)C)NC(=O)CC1O)C(=O)O. The highest BCUT2D eigenvalue weighted by molar-refractivity contribution is 8.13. The van der Waals surface area contributed by atoms with Gasteiger partial charge < -0.3 is 26.0 Å². The molecule has 9 nitrogen and oxygen atoms in total. The van der Waals surface area contributed by atoms with Crippen LogP contribution < -0.4 is 10.6 Å². The van der Waals surface area contributed by atoms with E-state index >= 15 is 0 Å². The van der Waals surface area contributed by atoms with E-state index in [-0.39, 0.29) is 12.2 Å². The lowest BCUT2D eigenvalue weighted by Crippen LogP contribution is -2.64. The minimum absolute atomic E-state index is 0.303. The predicted molar refractivity (Wildman–Crippen MR) is 85.0 cm³/mol. The maximum absolute atomic E-state index is 12.6. The van der Waals surface area contributed by atoms with Gasteiger partial charge in [-0.15, -0.1) is 0 Å². The average molecular weight is 362 g/mol. The van der Waals surface area contributed by atoms with E-state index in [1.807, 2.05) is 0 Å². The molecule has 1 fully saturated rings. The summed E-state index contributed by atoms with van der Waals surface area (Å²) in [6, 6.07) is -1.31. The third kappa shape index (κ3) is 4.25. The fraction of sp³-hybridized carbons (Fsp3) is 0.714. The van der Waals surface area contributed by atoms with Crippen LogP contribution in [-0.2, 0) is 19.2 Å². The number of hydrogen-bond acceptors (Lipinski definition) is 7. The smallest absolute Gasteiger partial charge is 0.327 e. The molecule has 4 atom stereocenters. The largest absolute Gasteiger partial charge is 0.480 e. The summed E-state index contributed by atoms with van der Waals surface area (Å²) in [5, 5.41) is 33.3. The Morgan fingerprint density at radius 1 is 1.42 bits per heavy atom. The zero-order valence-electron chi connectivity index (χ0n) is 13.6. The number of carbonyl (C=O) groups excluding carboxylic acids is 3. The van der Waals surface area contributed by atoms with Crippen molar-refractivity contribution in [1.29, 1.82) is 0 Å². The molecular weight excluding hydrogens is 340 g/mol. The van der Waals surface area contributed by atoms with Crippen LogP contribution in [-0.4, -0.2) is 67.8 Å². The predicted octanol–water partition coefficient (Wildman–Crippen LogP) is -1.53. The van der Waals surface area contributed by atoms with Crippen LogP contribution in [0.5, 0.6) is 0 Å². The minimum Gasteiger partial charge on any atom is -0.480 e. The second-order valence-corrected chi connectivity index (χ2v) is 7.01. The molecule has 1 aliphatic heterocycles. The van der Waals surface area contributed by atoms with Crippen LogP contribution in [0, 0.1) is 5.92 Å². The number of carboxylic acid groups (broad SMARTS) is 1. The van der Waals surface area contributed by atoms with Crippen molar-refractivity contribution in [1.82, 2.24) is 10.6 Å². The lowest BCUT2D eigenvalue weighted by atomic mass is 9.83. The number of amides is 2. The zero-order chi connectivity index (χ0) is 18.7. The summed E-state index contributed by atoms with van der Waals surface area (Å²) in [5.74, 6) is -3.20. The fourth-order valence-corrected chi connectivity index (χ4v) is 3.60. The van der Waals surface area contributed by atoms with E-state index in [2.05, 4.69) is 10.6 Å². The first-order valence-corrected chi connectivity index (χ1v) is 8.35. The summed E-state index contributed by atoms with van der Waals surface area (Å²) in [6.45, 7) is 4.39. The number of carbonyl (C=O) groups is 4. The van der Waals surface area contributed by atoms with Gasteiger partial charge >= 0.3 is 5.97 Å². The lowest BCUT2D eigenvalue weighted by molar-refractivity contribution is -0.140. The molecule has 0 aromatic rings. The van der Waals surface area contributed by atoms with Gasteiger partial charge in [0, 0.05) is 12.7 Å². The Labute approximate surface area is 143 Å². The Morgan fingerprint density at radius 3 is 2.38 bits per heavy atom. The lowest BCUT2D eigenvalue weighted by Gasteiger charge is -2.37. The first kappa shape index (κ1) is 20.4. The van der Waals surface area contributed by atoms with Gasteiger partial charge in [-0.2, -0.15) is 0 Å². The highest BCUT2D eigenvalue weighted by atomic mass is 32.2. The number of aliphatic hydroxyl groups excluding tert-OH is 2. The highest BCUT2D eigenvalue weighted by Gasteiger charge is 2.57. The molecule has 0 saturated carbocycles. The zero-order valence-corrected chi connectivity index (χ0v) is 14.4. The van der Waals surface area contributed by atoms with E-state index in [9.17, 15) is 29.4 Å². The number of nitrogens with one attached hydrogen (secondary N) is 2. The molecular formula is C14H22N2O7S. The molecule has 5 N–H and O–H groups in total. The van der Waals surface area contributed by atoms with Gasteiger partial charge in [-0.1, -0.05) is 25.6 Å². The van der Waals surface area contributed by atoms with E-state index in [1.165, 1.54) is 0 Å². The second-order valence-electron chi connectivity index (χ2n) is 6.02. The minimum atomic E-state index is -1.89. The van der Waals surface area contributed by atoms with Crippen molar-refractivity contribution in [3.05, 3.63) is 0 Å².